The maximum atomic E-state index is 13.0. The Bertz CT molecular complexity index is 848. The number of halogens is 1. The largest absolute Gasteiger partial charge is 0.381 e. The van der Waals surface area contributed by atoms with E-state index in [0.717, 1.165) is 5.56 Å². The second kappa shape index (κ2) is 7.11. The number of aromatic nitrogens is 1. The molecule has 0 radical (unpaired) electrons. The average Bonchev–Trinajstić information content (AvgIpc) is 2.63. The van der Waals surface area contributed by atoms with Crippen LogP contribution in [0.2, 0.25) is 5.02 Å². The highest BCUT2D eigenvalue weighted by Crippen LogP contribution is 2.36. The van der Waals surface area contributed by atoms with E-state index in [2.05, 4.69) is 9.71 Å². The van der Waals surface area contributed by atoms with Crippen LogP contribution in [-0.2, 0) is 25.0 Å². The van der Waals surface area contributed by atoms with E-state index in [1.54, 1.807) is 24.3 Å². The van der Waals surface area contributed by atoms with Crippen molar-refractivity contribution in [2.24, 2.45) is 0 Å². The third-order valence-corrected chi connectivity index (χ3v) is 5.92. The molecule has 1 aliphatic heterocycles. The van der Waals surface area contributed by atoms with Gasteiger partial charge in [0.2, 0.25) is 5.91 Å². The SMILES string of the molecule is O=C(NS(=O)(=O)c1cccnc1)C1(c2ccc(Cl)cc2)CCOCC1. The van der Waals surface area contributed by atoms with Gasteiger partial charge in [0, 0.05) is 30.6 Å². The summed E-state index contributed by atoms with van der Waals surface area (Å²) in [5.74, 6) is -0.568. The van der Waals surface area contributed by atoms with Crippen LogP contribution in [-0.4, -0.2) is 32.5 Å². The lowest BCUT2D eigenvalue weighted by atomic mass is 9.73. The summed E-state index contributed by atoms with van der Waals surface area (Å²) in [7, 11) is -3.99. The van der Waals surface area contributed by atoms with Gasteiger partial charge in [0.1, 0.15) is 4.90 Å². The Morgan fingerprint density at radius 1 is 1.16 bits per heavy atom. The van der Waals surface area contributed by atoms with Crippen LogP contribution in [0.15, 0.2) is 53.7 Å². The van der Waals surface area contributed by atoms with Crippen molar-refractivity contribution in [3.63, 3.8) is 0 Å². The molecule has 1 N–H and O–H groups in total. The molecule has 2 aromatic rings. The van der Waals surface area contributed by atoms with Crippen LogP contribution in [0.1, 0.15) is 18.4 Å². The predicted molar refractivity (Wildman–Crippen MR) is 92.7 cm³/mol. The van der Waals surface area contributed by atoms with Crippen molar-refractivity contribution in [2.75, 3.05) is 13.2 Å². The van der Waals surface area contributed by atoms with Crippen LogP contribution in [0.25, 0.3) is 0 Å². The Morgan fingerprint density at radius 3 is 2.44 bits per heavy atom. The second-order valence-electron chi connectivity index (χ2n) is 5.82. The molecule has 1 saturated heterocycles. The fourth-order valence-corrected chi connectivity index (χ4v) is 4.06. The molecular formula is C17H17ClN2O4S. The molecule has 0 aliphatic carbocycles. The highest BCUT2D eigenvalue weighted by Gasteiger charge is 2.43. The van der Waals surface area contributed by atoms with Gasteiger partial charge in [-0.1, -0.05) is 23.7 Å². The molecule has 1 aromatic heterocycles. The molecule has 132 valence electrons. The molecule has 0 unspecified atom stereocenters. The molecule has 1 amide bonds. The molecule has 0 saturated carbocycles. The van der Waals surface area contributed by atoms with Gasteiger partial charge >= 0.3 is 0 Å². The summed E-state index contributed by atoms with van der Waals surface area (Å²) in [6, 6.07) is 9.78. The maximum Gasteiger partial charge on any atom is 0.265 e. The third kappa shape index (κ3) is 3.68. The molecule has 0 spiro atoms. The number of benzene rings is 1. The number of carbonyl (C=O) groups is 1. The van der Waals surface area contributed by atoms with Gasteiger partial charge < -0.3 is 4.74 Å². The molecular weight excluding hydrogens is 364 g/mol. The lowest BCUT2D eigenvalue weighted by Crippen LogP contribution is -2.49. The van der Waals surface area contributed by atoms with Gasteiger partial charge in [-0.15, -0.1) is 0 Å². The van der Waals surface area contributed by atoms with Gasteiger partial charge in [0.25, 0.3) is 10.0 Å². The van der Waals surface area contributed by atoms with E-state index in [1.807, 2.05) is 0 Å². The average molecular weight is 381 g/mol. The van der Waals surface area contributed by atoms with E-state index in [4.69, 9.17) is 16.3 Å². The Kier molecular flexibility index (Phi) is 5.08. The topological polar surface area (TPSA) is 85.4 Å². The quantitative estimate of drug-likeness (QED) is 0.879. The molecule has 8 heteroatoms. The van der Waals surface area contributed by atoms with Crippen molar-refractivity contribution in [3.8, 4) is 0 Å². The molecule has 6 nitrogen and oxygen atoms in total. The number of hydrogen-bond acceptors (Lipinski definition) is 5. The van der Waals surface area contributed by atoms with Crippen molar-refractivity contribution in [1.29, 1.82) is 0 Å². The monoisotopic (exact) mass is 380 g/mol. The summed E-state index contributed by atoms with van der Waals surface area (Å²) in [5, 5.41) is 0.550. The lowest BCUT2D eigenvalue weighted by molar-refractivity contribution is -0.128. The van der Waals surface area contributed by atoms with Crippen LogP contribution < -0.4 is 4.72 Å². The molecule has 0 atom stereocenters. The van der Waals surface area contributed by atoms with E-state index >= 15 is 0 Å². The summed E-state index contributed by atoms with van der Waals surface area (Å²) >= 11 is 5.93. The Labute approximate surface area is 151 Å². The Hall–Kier alpha value is -1.96. The predicted octanol–water partition coefficient (Wildman–Crippen LogP) is 2.29. The second-order valence-corrected chi connectivity index (χ2v) is 7.94. The summed E-state index contributed by atoms with van der Waals surface area (Å²) in [6.07, 6.45) is 3.45. The van der Waals surface area contributed by atoms with Crippen LogP contribution in [0.4, 0.5) is 0 Å². The van der Waals surface area contributed by atoms with E-state index < -0.39 is 21.3 Å². The van der Waals surface area contributed by atoms with Crippen molar-refractivity contribution >= 4 is 27.5 Å². The van der Waals surface area contributed by atoms with Crippen LogP contribution in [0.5, 0.6) is 0 Å². The number of amides is 1. The van der Waals surface area contributed by atoms with Gasteiger partial charge in [-0.3, -0.25) is 9.78 Å². The van der Waals surface area contributed by atoms with Gasteiger partial charge in [-0.25, -0.2) is 13.1 Å². The fourth-order valence-electron chi connectivity index (χ4n) is 2.92. The third-order valence-electron chi connectivity index (χ3n) is 4.35. The number of nitrogens with one attached hydrogen (secondary N) is 1. The Balaban J connectivity index is 1.94. The fraction of sp³-hybridized carbons (Fsp3) is 0.294. The minimum atomic E-state index is -3.99. The molecule has 1 fully saturated rings. The highest BCUT2D eigenvalue weighted by atomic mass is 35.5. The van der Waals surface area contributed by atoms with Crippen LogP contribution in [0.3, 0.4) is 0 Å². The molecule has 3 rings (SSSR count). The zero-order valence-corrected chi connectivity index (χ0v) is 14.9. The number of carbonyl (C=O) groups excluding carboxylic acids is 1. The van der Waals surface area contributed by atoms with Gasteiger partial charge in [-0.2, -0.15) is 0 Å². The normalized spacial score (nSPS) is 17.0. The molecule has 2 heterocycles. The van der Waals surface area contributed by atoms with Crippen molar-refractivity contribution in [1.82, 2.24) is 9.71 Å². The number of ether oxygens (including phenoxy) is 1. The zero-order chi connectivity index (χ0) is 17.9. The first-order valence-electron chi connectivity index (χ1n) is 7.75. The zero-order valence-electron chi connectivity index (χ0n) is 13.3. The summed E-state index contributed by atoms with van der Waals surface area (Å²) in [5.41, 5.74) is -0.253. The number of rotatable bonds is 4. The maximum absolute atomic E-state index is 13.0. The number of pyridine rings is 1. The molecule has 25 heavy (non-hydrogen) atoms. The Morgan fingerprint density at radius 2 is 1.84 bits per heavy atom. The minimum absolute atomic E-state index is 0.0540. The lowest BCUT2D eigenvalue weighted by Gasteiger charge is -2.36. The van der Waals surface area contributed by atoms with Gasteiger partial charge in [0.15, 0.2) is 0 Å². The highest BCUT2D eigenvalue weighted by molar-refractivity contribution is 7.90. The standard InChI is InChI=1S/C17H17ClN2O4S/c18-14-5-3-13(4-6-14)17(7-10-24-11-8-17)16(21)20-25(22,23)15-2-1-9-19-12-15/h1-6,9,12H,7-8,10-11H2,(H,20,21). The smallest absolute Gasteiger partial charge is 0.265 e. The molecule has 0 bridgehead atoms. The number of sulfonamides is 1. The molecule has 1 aromatic carbocycles. The van der Waals surface area contributed by atoms with Crippen LogP contribution in [0, 0.1) is 0 Å². The first-order valence-corrected chi connectivity index (χ1v) is 9.61. The van der Waals surface area contributed by atoms with E-state index in [9.17, 15) is 13.2 Å². The number of nitrogens with zero attached hydrogens (tertiary/aromatic N) is 1. The van der Waals surface area contributed by atoms with Gasteiger partial charge in [0.05, 0.1) is 5.41 Å². The first-order chi connectivity index (χ1) is 11.9. The summed E-state index contributed by atoms with van der Waals surface area (Å²) in [6.45, 7) is 0.756. The van der Waals surface area contributed by atoms with Crippen molar-refractivity contribution < 1.29 is 17.9 Å². The van der Waals surface area contributed by atoms with Crippen molar-refractivity contribution in [3.05, 3.63) is 59.4 Å². The van der Waals surface area contributed by atoms with Crippen molar-refractivity contribution in [2.45, 2.75) is 23.2 Å². The van der Waals surface area contributed by atoms with E-state index in [0.29, 0.717) is 31.1 Å². The first kappa shape index (κ1) is 17.8. The molecule has 1 aliphatic rings. The van der Waals surface area contributed by atoms with E-state index in [-0.39, 0.29) is 4.90 Å². The van der Waals surface area contributed by atoms with Gasteiger partial charge in [-0.05, 0) is 42.7 Å². The summed E-state index contributed by atoms with van der Waals surface area (Å²) < 4.78 is 32.5. The minimum Gasteiger partial charge on any atom is -0.381 e. The van der Waals surface area contributed by atoms with Crippen LogP contribution >= 0.6 is 11.6 Å². The number of hydrogen-bond donors (Lipinski definition) is 1. The van der Waals surface area contributed by atoms with E-state index in [1.165, 1.54) is 24.5 Å². The summed E-state index contributed by atoms with van der Waals surface area (Å²) in [4.78, 5) is 16.7.